The SMILES string of the molecule is O=C(CCc1cncnc1)Nc1ccc(F)c(F)c1F. The van der Waals surface area contributed by atoms with Crippen LogP contribution in [0.3, 0.4) is 0 Å². The summed E-state index contributed by atoms with van der Waals surface area (Å²) in [4.78, 5) is 19.2. The van der Waals surface area contributed by atoms with Crippen LogP contribution in [0.15, 0.2) is 30.9 Å². The second-order valence-electron chi connectivity index (χ2n) is 4.02. The van der Waals surface area contributed by atoms with Gasteiger partial charge in [0.2, 0.25) is 5.91 Å². The van der Waals surface area contributed by atoms with Crippen molar-refractivity contribution in [2.75, 3.05) is 5.32 Å². The van der Waals surface area contributed by atoms with Gasteiger partial charge in [0, 0.05) is 18.8 Å². The summed E-state index contributed by atoms with van der Waals surface area (Å²) in [5.74, 6) is -4.85. The Hall–Kier alpha value is -2.44. The van der Waals surface area contributed by atoms with Crippen LogP contribution in [-0.4, -0.2) is 15.9 Å². The summed E-state index contributed by atoms with van der Waals surface area (Å²) >= 11 is 0. The predicted octanol–water partition coefficient (Wildman–Crippen LogP) is 2.47. The molecule has 0 aliphatic carbocycles. The number of amides is 1. The number of nitrogens with zero attached hydrogens (tertiary/aromatic N) is 2. The number of halogens is 3. The molecule has 0 bridgehead atoms. The zero-order valence-corrected chi connectivity index (χ0v) is 10.2. The fourth-order valence-corrected chi connectivity index (χ4v) is 1.55. The van der Waals surface area contributed by atoms with Crippen LogP contribution in [0.4, 0.5) is 18.9 Å². The maximum atomic E-state index is 13.3. The molecule has 1 heterocycles. The quantitative estimate of drug-likeness (QED) is 0.876. The molecule has 2 rings (SSSR count). The summed E-state index contributed by atoms with van der Waals surface area (Å²) in [6, 6.07) is 1.72. The number of benzene rings is 1. The van der Waals surface area contributed by atoms with Crippen LogP contribution >= 0.6 is 0 Å². The van der Waals surface area contributed by atoms with Crippen molar-refractivity contribution in [3.63, 3.8) is 0 Å². The molecule has 0 atom stereocenters. The highest BCUT2D eigenvalue weighted by atomic mass is 19.2. The van der Waals surface area contributed by atoms with Crippen molar-refractivity contribution in [3.8, 4) is 0 Å². The number of anilines is 1. The Labute approximate surface area is 112 Å². The fraction of sp³-hybridized carbons (Fsp3) is 0.154. The Balaban J connectivity index is 1.97. The molecule has 1 aromatic heterocycles. The summed E-state index contributed by atoms with van der Waals surface area (Å²) in [6.07, 6.45) is 4.88. The first-order chi connectivity index (χ1) is 9.58. The van der Waals surface area contributed by atoms with Crippen molar-refractivity contribution >= 4 is 11.6 Å². The number of nitrogens with one attached hydrogen (secondary N) is 1. The van der Waals surface area contributed by atoms with Gasteiger partial charge in [0.25, 0.3) is 0 Å². The van der Waals surface area contributed by atoms with Gasteiger partial charge in [-0.3, -0.25) is 4.79 Å². The largest absolute Gasteiger partial charge is 0.323 e. The minimum atomic E-state index is -1.61. The molecule has 0 radical (unpaired) electrons. The highest BCUT2D eigenvalue weighted by Gasteiger charge is 2.15. The topological polar surface area (TPSA) is 54.9 Å². The molecule has 0 saturated heterocycles. The standard InChI is InChI=1S/C13H10F3N3O/c14-9-2-3-10(13(16)12(9)15)19-11(20)4-1-8-5-17-7-18-6-8/h2-3,5-7H,1,4H2,(H,19,20). The lowest BCUT2D eigenvalue weighted by Crippen LogP contribution is -2.14. The van der Waals surface area contributed by atoms with Gasteiger partial charge in [-0.05, 0) is 24.1 Å². The highest BCUT2D eigenvalue weighted by Crippen LogP contribution is 2.19. The molecule has 1 N–H and O–H groups in total. The van der Waals surface area contributed by atoms with Crippen LogP contribution in [0.25, 0.3) is 0 Å². The second-order valence-corrected chi connectivity index (χ2v) is 4.02. The Morgan fingerprint density at radius 2 is 1.80 bits per heavy atom. The molecule has 7 heteroatoms. The molecule has 2 aromatic rings. The van der Waals surface area contributed by atoms with Gasteiger partial charge in [-0.25, -0.2) is 23.1 Å². The van der Waals surface area contributed by atoms with Crippen LogP contribution in [0, 0.1) is 17.5 Å². The second kappa shape index (κ2) is 6.14. The Morgan fingerprint density at radius 1 is 1.10 bits per heavy atom. The number of aromatic nitrogens is 2. The van der Waals surface area contributed by atoms with Crippen molar-refractivity contribution in [3.05, 3.63) is 53.9 Å². The average molecular weight is 281 g/mol. The molecular formula is C13H10F3N3O. The molecule has 0 saturated carbocycles. The fourth-order valence-electron chi connectivity index (χ4n) is 1.55. The van der Waals surface area contributed by atoms with Gasteiger partial charge >= 0.3 is 0 Å². The van der Waals surface area contributed by atoms with Crippen LogP contribution in [0.5, 0.6) is 0 Å². The summed E-state index contributed by atoms with van der Waals surface area (Å²) in [5.41, 5.74) is 0.353. The maximum absolute atomic E-state index is 13.3. The molecule has 0 aliphatic rings. The first-order valence-electron chi connectivity index (χ1n) is 5.75. The lowest BCUT2D eigenvalue weighted by molar-refractivity contribution is -0.116. The van der Waals surface area contributed by atoms with E-state index in [0.29, 0.717) is 6.42 Å². The van der Waals surface area contributed by atoms with Crippen LogP contribution in [0.2, 0.25) is 0 Å². The van der Waals surface area contributed by atoms with E-state index in [1.807, 2.05) is 0 Å². The van der Waals surface area contributed by atoms with Crippen molar-refractivity contribution < 1.29 is 18.0 Å². The van der Waals surface area contributed by atoms with E-state index in [-0.39, 0.29) is 6.42 Å². The molecular weight excluding hydrogens is 271 g/mol. The minimum Gasteiger partial charge on any atom is -0.323 e. The van der Waals surface area contributed by atoms with Crippen molar-refractivity contribution in [2.45, 2.75) is 12.8 Å². The molecule has 0 aliphatic heterocycles. The van der Waals surface area contributed by atoms with Gasteiger partial charge in [0.05, 0.1) is 5.69 Å². The Bertz CT molecular complexity index is 620. The van der Waals surface area contributed by atoms with E-state index in [2.05, 4.69) is 15.3 Å². The van der Waals surface area contributed by atoms with E-state index in [9.17, 15) is 18.0 Å². The molecule has 104 valence electrons. The zero-order valence-electron chi connectivity index (χ0n) is 10.2. The number of carbonyl (C=O) groups excluding carboxylic acids is 1. The normalized spacial score (nSPS) is 10.3. The van der Waals surface area contributed by atoms with E-state index in [0.717, 1.165) is 17.7 Å². The van der Waals surface area contributed by atoms with Crippen molar-refractivity contribution in [1.29, 1.82) is 0 Å². The first kappa shape index (κ1) is 14.0. The number of aryl methyl sites for hydroxylation is 1. The zero-order chi connectivity index (χ0) is 14.5. The van der Waals surface area contributed by atoms with E-state index in [4.69, 9.17) is 0 Å². The van der Waals surface area contributed by atoms with Crippen molar-refractivity contribution in [1.82, 2.24) is 9.97 Å². The summed E-state index contributed by atoms with van der Waals surface area (Å²) in [6.45, 7) is 0. The summed E-state index contributed by atoms with van der Waals surface area (Å²) in [7, 11) is 0. The molecule has 1 amide bonds. The lowest BCUT2D eigenvalue weighted by atomic mass is 10.2. The van der Waals surface area contributed by atoms with E-state index in [1.54, 1.807) is 12.4 Å². The molecule has 0 spiro atoms. The van der Waals surface area contributed by atoms with Gasteiger partial charge in [-0.2, -0.15) is 0 Å². The average Bonchev–Trinajstić information content (AvgIpc) is 2.47. The molecule has 4 nitrogen and oxygen atoms in total. The first-order valence-corrected chi connectivity index (χ1v) is 5.75. The number of carbonyl (C=O) groups is 1. The summed E-state index contributed by atoms with van der Waals surface area (Å²) in [5, 5.41) is 2.19. The summed E-state index contributed by atoms with van der Waals surface area (Å²) < 4.78 is 39.0. The van der Waals surface area contributed by atoms with Crippen LogP contribution in [0.1, 0.15) is 12.0 Å². The third kappa shape index (κ3) is 3.31. The molecule has 0 fully saturated rings. The highest BCUT2D eigenvalue weighted by molar-refractivity contribution is 5.90. The van der Waals surface area contributed by atoms with Gasteiger partial charge in [0.15, 0.2) is 17.5 Å². The Kier molecular flexibility index (Phi) is 4.29. The van der Waals surface area contributed by atoms with Crippen LogP contribution < -0.4 is 5.32 Å². The number of hydrogen-bond donors (Lipinski definition) is 1. The predicted molar refractivity (Wildman–Crippen MR) is 65.3 cm³/mol. The molecule has 0 unspecified atom stereocenters. The monoisotopic (exact) mass is 281 g/mol. The maximum Gasteiger partial charge on any atom is 0.224 e. The van der Waals surface area contributed by atoms with E-state index >= 15 is 0 Å². The number of rotatable bonds is 4. The number of hydrogen-bond acceptors (Lipinski definition) is 3. The Morgan fingerprint density at radius 3 is 2.50 bits per heavy atom. The van der Waals surface area contributed by atoms with Gasteiger partial charge < -0.3 is 5.32 Å². The molecule has 1 aromatic carbocycles. The van der Waals surface area contributed by atoms with E-state index < -0.39 is 29.0 Å². The van der Waals surface area contributed by atoms with E-state index in [1.165, 1.54) is 6.33 Å². The third-order valence-corrected chi connectivity index (χ3v) is 2.56. The van der Waals surface area contributed by atoms with Crippen LogP contribution in [-0.2, 0) is 11.2 Å². The molecule has 20 heavy (non-hydrogen) atoms. The van der Waals surface area contributed by atoms with Gasteiger partial charge in [-0.1, -0.05) is 0 Å². The van der Waals surface area contributed by atoms with Crippen molar-refractivity contribution in [2.24, 2.45) is 0 Å². The van der Waals surface area contributed by atoms with Gasteiger partial charge in [-0.15, -0.1) is 0 Å². The lowest BCUT2D eigenvalue weighted by Gasteiger charge is -2.07. The smallest absolute Gasteiger partial charge is 0.224 e. The van der Waals surface area contributed by atoms with Gasteiger partial charge in [0.1, 0.15) is 6.33 Å². The minimum absolute atomic E-state index is 0.0474. The third-order valence-electron chi connectivity index (χ3n) is 2.56.